The van der Waals surface area contributed by atoms with Gasteiger partial charge in [0.05, 0.1) is 5.92 Å². The first-order valence-corrected chi connectivity index (χ1v) is 6.54. The molecule has 1 fully saturated rings. The van der Waals surface area contributed by atoms with Crippen LogP contribution in [0.15, 0.2) is 18.2 Å². The van der Waals surface area contributed by atoms with Crippen molar-refractivity contribution in [1.29, 1.82) is 0 Å². The van der Waals surface area contributed by atoms with E-state index in [0.29, 0.717) is 19.8 Å². The van der Waals surface area contributed by atoms with Crippen molar-refractivity contribution in [3.63, 3.8) is 0 Å². The fraction of sp³-hybridized carbons (Fsp3) is 0.500. The summed E-state index contributed by atoms with van der Waals surface area (Å²) in [5.41, 5.74) is 6.74. The summed E-state index contributed by atoms with van der Waals surface area (Å²) in [5.74, 6) is 1.67. The van der Waals surface area contributed by atoms with E-state index in [1.807, 2.05) is 25.2 Å². The zero-order chi connectivity index (χ0) is 13.4. The largest absolute Gasteiger partial charge is 0.486 e. The van der Waals surface area contributed by atoms with Crippen LogP contribution < -0.4 is 15.2 Å². The normalized spacial score (nSPS) is 23.9. The predicted molar refractivity (Wildman–Crippen MR) is 70.0 cm³/mol. The molecular formula is C14H18N2O3. The molecule has 0 bridgehead atoms. The lowest BCUT2D eigenvalue weighted by atomic mass is 10.1. The zero-order valence-electron chi connectivity index (χ0n) is 11.0. The van der Waals surface area contributed by atoms with E-state index in [0.717, 1.165) is 23.5 Å². The van der Waals surface area contributed by atoms with E-state index < -0.39 is 0 Å². The minimum Gasteiger partial charge on any atom is -0.486 e. The van der Waals surface area contributed by atoms with E-state index in [1.165, 1.54) is 0 Å². The van der Waals surface area contributed by atoms with Crippen LogP contribution in [0, 0.1) is 5.92 Å². The van der Waals surface area contributed by atoms with Crippen LogP contribution in [0.4, 0.5) is 0 Å². The highest BCUT2D eigenvalue weighted by molar-refractivity contribution is 5.82. The molecule has 102 valence electrons. The Morgan fingerprint density at radius 1 is 1.37 bits per heavy atom. The maximum absolute atomic E-state index is 12.0. The molecule has 1 aliphatic heterocycles. The summed E-state index contributed by atoms with van der Waals surface area (Å²) in [6.07, 6.45) is 0.810. The first kappa shape index (κ1) is 12.3. The van der Waals surface area contributed by atoms with Gasteiger partial charge in [-0.2, -0.15) is 0 Å². The Morgan fingerprint density at radius 2 is 2.05 bits per heavy atom. The topological polar surface area (TPSA) is 64.8 Å². The number of carbonyl (C=O) groups excluding carboxylic acids is 1. The molecule has 0 spiro atoms. The SMILES string of the molecule is CN(Cc1ccc2c(c1)OCCO2)C(=O)C1CC1N. The smallest absolute Gasteiger partial charge is 0.227 e. The van der Waals surface area contributed by atoms with Gasteiger partial charge in [0.25, 0.3) is 0 Å². The molecule has 0 aromatic heterocycles. The summed E-state index contributed by atoms with van der Waals surface area (Å²) in [7, 11) is 1.81. The molecule has 1 aromatic carbocycles. The number of carbonyl (C=O) groups is 1. The number of hydrogen-bond donors (Lipinski definition) is 1. The number of benzene rings is 1. The standard InChI is InChI=1S/C14H18N2O3/c1-16(14(17)10-7-11(10)15)8-9-2-3-12-13(6-9)19-5-4-18-12/h2-3,6,10-11H,4-5,7-8,15H2,1H3. The third-order valence-electron chi connectivity index (χ3n) is 3.56. The fourth-order valence-electron chi connectivity index (χ4n) is 2.32. The van der Waals surface area contributed by atoms with Gasteiger partial charge >= 0.3 is 0 Å². The van der Waals surface area contributed by atoms with Gasteiger partial charge in [-0.05, 0) is 24.1 Å². The molecule has 5 nitrogen and oxygen atoms in total. The second kappa shape index (κ2) is 4.74. The summed E-state index contributed by atoms with van der Waals surface area (Å²) in [5, 5.41) is 0. The van der Waals surface area contributed by atoms with Crippen LogP contribution in [0.2, 0.25) is 0 Å². The number of amides is 1. The van der Waals surface area contributed by atoms with Gasteiger partial charge in [-0.1, -0.05) is 6.07 Å². The van der Waals surface area contributed by atoms with Crippen molar-refractivity contribution in [3.05, 3.63) is 23.8 Å². The van der Waals surface area contributed by atoms with Gasteiger partial charge in [-0.3, -0.25) is 4.79 Å². The summed E-state index contributed by atoms with van der Waals surface area (Å²) in [4.78, 5) is 13.7. The first-order chi connectivity index (χ1) is 9.15. The summed E-state index contributed by atoms with van der Waals surface area (Å²) < 4.78 is 11.0. The van der Waals surface area contributed by atoms with Crippen LogP contribution in [0.1, 0.15) is 12.0 Å². The molecule has 1 saturated carbocycles. The first-order valence-electron chi connectivity index (χ1n) is 6.54. The molecule has 3 rings (SSSR count). The molecule has 1 heterocycles. The molecule has 1 amide bonds. The second-order valence-corrected chi connectivity index (χ2v) is 5.18. The molecular weight excluding hydrogens is 244 g/mol. The van der Waals surface area contributed by atoms with Gasteiger partial charge in [0.2, 0.25) is 5.91 Å². The Morgan fingerprint density at radius 3 is 2.74 bits per heavy atom. The number of ether oxygens (including phenoxy) is 2. The molecule has 2 N–H and O–H groups in total. The van der Waals surface area contributed by atoms with E-state index in [9.17, 15) is 4.79 Å². The van der Waals surface area contributed by atoms with Crippen LogP contribution in [0.3, 0.4) is 0 Å². The fourth-order valence-corrected chi connectivity index (χ4v) is 2.32. The average molecular weight is 262 g/mol. The Bertz CT molecular complexity index is 503. The van der Waals surface area contributed by atoms with Crippen LogP contribution >= 0.6 is 0 Å². The van der Waals surface area contributed by atoms with Gasteiger partial charge in [-0.25, -0.2) is 0 Å². The number of rotatable bonds is 3. The van der Waals surface area contributed by atoms with E-state index >= 15 is 0 Å². The van der Waals surface area contributed by atoms with Crippen LogP contribution in [-0.2, 0) is 11.3 Å². The van der Waals surface area contributed by atoms with Crippen molar-refractivity contribution in [1.82, 2.24) is 4.90 Å². The minimum atomic E-state index is 0.0159. The Labute approximate surface area is 112 Å². The van der Waals surface area contributed by atoms with Crippen molar-refractivity contribution in [2.45, 2.75) is 19.0 Å². The summed E-state index contributed by atoms with van der Waals surface area (Å²) in [6, 6.07) is 5.84. The Hall–Kier alpha value is -1.75. The number of hydrogen-bond acceptors (Lipinski definition) is 4. The maximum Gasteiger partial charge on any atom is 0.227 e. The maximum atomic E-state index is 12.0. The quantitative estimate of drug-likeness (QED) is 0.873. The highest BCUT2D eigenvalue weighted by Crippen LogP contribution is 2.32. The Balaban J connectivity index is 1.67. The molecule has 0 radical (unpaired) electrons. The number of fused-ring (bicyclic) bond motifs is 1. The minimum absolute atomic E-state index is 0.0159. The predicted octanol–water partition coefficient (Wildman–Crippen LogP) is 0.763. The van der Waals surface area contributed by atoms with Crippen molar-refractivity contribution in [2.75, 3.05) is 20.3 Å². The van der Waals surface area contributed by atoms with Gasteiger partial charge < -0.3 is 20.1 Å². The lowest BCUT2D eigenvalue weighted by Gasteiger charge is -2.21. The van der Waals surface area contributed by atoms with Crippen molar-refractivity contribution < 1.29 is 14.3 Å². The lowest BCUT2D eigenvalue weighted by Crippen LogP contribution is -2.29. The van der Waals surface area contributed by atoms with E-state index in [4.69, 9.17) is 15.2 Å². The van der Waals surface area contributed by atoms with E-state index in [-0.39, 0.29) is 17.9 Å². The van der Waals surface area contributed by atoms with Gasteiger partial charge in [-0.15, -0.1) is 0 Å². The molecule has 5 heteroatoms. The monoisotopic (exact) mass is 262 g/mol. The lowest BCUT2D eigenvalue weighted by molar-refractivity contribution is -0.131. The molecule has 1 aliphatic carbocycles. The number of nitrogens with zero attached hydrogens (tertiary/aromatic N) is 1. The molecule has 2 atom stereocenters. The third kappa shape index (κ3) is 2.51. The van der Waals surface area contributed by atoms with Gasteiger partial charge in [0.1, 0.15) is 13.2 Å². The van der Waals surface area contributed by atoms with Crippen molar-refractivity contribution >= 4 is 5.91 Å². The molecule has 2 aliphatic rings. The molecule has 1 aromatic rings. The second-order valence-electron chi connectivity index (χ2n) is 5.18. The number of nitrogens with two attached hydrogens (primary N) is 1. The highest BCUT2D eigenvalue weighted by Gasteiger charge is 2.41. The summed E-state index contributed by atoms with van der Waals surface area (Å²) in [6.45, 7) is 1.73. The van der Waals surface area contributed by atoms with Crippen molar-refractivity contribution in [3.8, 4) is 11.5 Å². The van der Waals surface area contributed by atoms with Crippen LogP contribution in [-0.4, -0.2) is 37.1 Å². The zero-order valence-corrected chi connectivity index (χ0v) is 11.0. The van der Waals surface area contributed by atoms with Crippen LogP contribution in [0.25, 0.3) is 0 Å². The molecule has 0 saturated heterocycles. The molecule has 19 heavy (non-hydrogen) atoms. The molecule has 2 unspecified atom stereocenters. The summed E-state index contributed by atoms with van der Waals surface area (Å²) >= 11 is 0. The third-order valence-corrected chi connectivity index (χ3v) is 3.56. The van der Waals surface area contributed by atoms with Crippen LogP contribution in [0.5, 0.6) is 11.5 Å². The van der Waals surface area contributed by atoms with Gasteiger partial charge in [0.15, 0.2) is 11.5 Å². The van der Waals surface area contributed by atoms with E-state index in [1.54, 1.807) is 4.90 Å². The van der Waals surface area contributed by atoms with E-state index in [2.05, 4.69) is 0 Å². The van der Waals surface area contributed by atoms with Crippen molar-refractivity contribution in [2.24, 2.45) is 11.7 Å². The highest BCUT2D eigenvalue weighted by atomic mass is 16.6. The Kier molecular flexibility index (Phi) is 3.06. The average Bonchev–Trinajstić information content (AvgIpc) is 3.15. The van der Waals surface area contributed by atoms with Gasteiger partial charge in [0, 0.05) is 19.6 Å².